The van der Waals surface area contributed by atoms with Gasteiger partial charge in [0.1, 0.15) is 4.88 Å². The van der Waals surface area contributed by atoms with Crippen LogP contribution in [-0.2, 0) is 0 Å². The number of carbonyl (C=O) groups is 1. The predicted octanol–water partition coefficient (Wildman–Crippen LogP) is 2.51. The van der Waals surface area contributed by atoms with E-state index in [2.05, 4.69) is 24.1 Å². The molecule has 1 aliphatic carbocycles. The smallest absolute Gasteiger partial charge is 0.263 e. The second-order valence-corrected chi connectivity index (χ2v) is 6.16. The molecule has 0 saturated heterocycles. The van der Waals surface area contributed by atoms with Gasteiger partial charge in [0.25, 0.3) is 5.91 Å². The van der Waals surface area contributed by atoms with Gasteiger partial charge in [-0.05, 0) is 31.2 Å². The second kappa shape index (κ2) is 6.23. The van der Waals surface area contributed by atoms with E-state index in [0.717, 1.165) is 18.4 Å². The zero-order valence-electron chi connectivity index (χ0n) is 11.3. The van der Waals surface area contributed by atoms with Gasteiger partial charge in [0.15, 0.2) is 0 Å². The van der Waals surface area contributed by atoms with Crippen molar-refractivity contribution in [3.8, 4) is 11.8 Å². The maximum absolute atomic E-state index is 12.4. The first-order valence-corrected chi connectivity index (χ1v) is 7.61. The summed E-state index contributed by atoms with van der Waals surface area (Å²) in [5, 5.41) is 5.09. The van der Waals surface area contributed by atoms with Crippen LogP contribution in [0.5, 0.6) is 0 Å². The van der Waals surface area contributed by atoms with Gasteiger partial charge in [-0.15, -0.1) is 11.3 Å². The fourth-order valence-electron chi connectivity index (χ4n) is 2.52. The molecule has 0 spiro atoms. The Morgan fingerprint density at radius 2 is 2.21 bits per heavy atom. The summed E-state index contributed by atoms with van der Waals surface area (Å²) in [6, 6.07) is 1.88. The third kappa shape index (κ3) is 3.59. The van der Waals surface area contributed by atoms with Crippen molar-refractivity contribution in [2.24, 2.45) is 5.73 Å². The Hall–Kier alpha value is -1.31. The number of nitrogens with one attached hydrogen (secondary N) is 1. The Labute approximate surface area is 118 Å². The van der Waals surface area contributed by atoms with E-state index < -0.39 is 0 Å². The van der Waals surface area contributed by atoms with E-state index in [4.69, 9.17) is 5.73 Å². The Bertz CT molecular complexity index is 504. The SMILES string of the molecule is CC1(NC(=O)c2sccc2C#CCN)CCCCC1. The first kappa shape index (κ1) is 14.1. The summed E-state index contributed by atoms with van der Waals surface area (Å²) >= 11 is 1.44. The molecule has 2 rings (SSSR count). The van der Waals surface area contributed by atoms with E-state index in [9.17, 15) is 4.79 Å². The van der Waals surface area contributed by atoms with E-state index in [1.165, 1.54) is 30.6 Å². The first-order chi connectivity index (χ1) is 9.14. The molecule has 0 aromatic carbocycles. The van der Waals surface area contributed by atoms with Gasteiger partial charge in [-0.3, -0.25) is 4.79 Å². The lowest BCUT2D eigenvalue weighted by Gasteiger charge is -2.34. The average molecular weight is 276 g/mol. The third-order valence-electron chi connectivity index (χ3n) is 3.57. The zero-order valence-corrected chi connectivity index (χ0v) is 12.1. The van der Waals surface area contributed by atoms with Gasteiger partial charge >= 0.3 is 0 Å². The van der Waals surface area contributed by atoms with Crippen LogP contribution in [0.2, 0.25) is 0 Å². The molecule has 1 aromatic rings. The highest BCUT2D eigenvalue weighted by molar-refractivity contribution is 7.12. The van der Waals surface area contributed by atoms with Gasteiger partial charge in [0.05, 0.1) is 6.54 Å². The Morgan fingerprint density at radius 1 is 1.47 bits per heavy atom. The molecular weight excluding hydrogens is 256 g/mol. The van der Waals surface area contributed by atoms with Crippen LogP contribution >= 0.6 is 11.3 Å². The lowest BCUT2D eigenvalue weighted by Crippen LogP contribution is -2.47. The highest BCUT2D eigenvalue weighted by Crippen LogP contribution is 2.28. The van der Waals surface area contributed by atoms with Crippen LogP contribution < -0.4 is 11.1 Å². The lowest BCUT2D eigenvalue weighted by molar-refractivity contribution is 0.0887. The fraction of sp³-hybridized carbons (Fsp3) is 0.533. The summed E-state index contributed by atoms with van der Waals surface area (Å²) in [6.45, 7) is 2.46. The summed E-state index contributed by atoms with van der Waals surface area (Å²) < 4.78 is 0. The summed E-state index contributed by atoms with van der Waals surface area (Å²) in [4.78, 5) is 13.1. The summed E-state index contributed by atoms with van der Waals surface area (Å²) in [6.07, 6.45) is 5.79. The Balaban J connectivity index is 2.09. The molecular formula is C15H20N2OS. The number of nitrogens with two attached hydrogens (primary N) is 1. The molecule has 1 fully saturated rings. The molecule has 3 N–H and O–H groups in total. The topological polar surface area (TPSA) is 55.1 Å². The van der Waals surface area contributed by atoms with Gasteiger partial charge in [-0.2, -0.15) is 0 Å². The van der Waals surface area contributed by atoms with Crippen LogP contribution in [-0.4, -0.2) is 18.0 Å². The summed E-state index contributed by atoms with van der Waals surface area (Å²) in [7, 11) is 0. The molecule has 1 saturated carbocycles. The average Bonchev–Trinajstić information content (AvgIpc) is 2.85. The molecule has 0 unspecified atom stereocenters. The molecule has 0 bridgehead atoms. The summed E-state index contributed by atoms with van der Waals surface area (Å²) in [5.41, 5.74) is 6.10. The minimum absolute atomic E-state index is 0.000668. The molecule has 102 valence electrons. The maximum Gasteiger partial charge on any atom is 0.263 e. The summed E-state index contributed by atoms with van der Waals surface area (Å²) in [5.74, 6) is 5.76. The van der Waals surface area contributed by atoms with E-state index in [-0.39, 0.29) is 11.4 Å². The van der Waals surface area contributed by atoms with Crippen molar-refractivity contribution in [1.29, 1.82) is 0 Å². The number of amides is 1. The molecule has 1 heterocycles. The first-order valence-electron chi connectivity index (χ1n) is 6.73. The van der Waals surface area contributed by atoms with Crippen molar-refractivity contribution in [3.63, 3.8) is 0 Å². The van der Waals surface area contributed by atoms with Crippen LogP contribution in [0.15, 0.2) is 11.4 Å². The van der Waals surface area contributed by atoms with Gasteiger partial charge in [0, 0.05) is 11.1 Å². The number of rotatable bonds is 2. The van der Waals surface area contributed by atoms with Crippen molar-refractivity contribution in [1.82, 2.24) is 5.32 Å². The van der Waals surface area contributed by atoms with Crippen LogP contribution in [0.1, 0.15) is 54.3 Å². The lowest BCUT2D eigenvalue weighted by atomic mass is 9.83. The predicted molar refractivity (Wildman–Crippen MR) is 79.2 cm³/mol. The highest BCUT2D eigenvalue weighted by Gasteiger charge is 2.29. The van der Waals surface area contributed by atoms with E-state index in [1.807, 2.05) is 11.4 Å². The largest absolute Gasteiger partial charge is 0.346 e. The van der Waals surface area contributed by atoms with Gasteiger partial charge in [-0.25, -0.2) is 0 Å². The molecule has 0 radical (unpaired) electrons. The van der Waals surface area contributed by atoms with E-state index in [1.54, 1.807) is 0 Å². The fourth-order valence-corrected chi connectivity index (χ4v) is 3.26. The number of thiophene rings is 1. The van der Waals surface area contributed by atoms with Crippen molar-refractivity contribution < 1.29 is 4.79 Å². The van der Waals surface area contributed by atoms with Crippen molar-refractivity contribution >= 4 is 17.2 Å². The van der Waals surface area contributed by atoms with Crippen LogP contribution in [0.4, 0.5) is 0 Å². The van der Waals surface area contributed by atoms with Gasteiger partial charge in [-0.1, -0.05) is 31.1 Å². The van der Waals surface area contributed by atoms with E-state index in [0.29, 0.717) is 11.4 Å². The standard InChI is InChI=1S/C15H20N2OS/c1-15(8-3-2-4-9-15)17-14(18)13-12(6-5-10-16)7-11-19-13/h7,11H,2-4,8-10,16H2,1H3,(H,17,18). The van der Waals surface area contributed by atoms with Gasteiger partial charge < -0.3 is 11.1 Å². The Morgan fingerprint density at radius 3 is 2.89 bits per heavy atom. The van der Waals surface area contributed by atoms with Crippen molar-refractivity contribution in [2.45, 2.75) is 44.6 Å². The minimum atomic E-state index is -0.0576. The number of hydrogen-bond donors (Lipinski definition) is 2. The number of carbonyl (C=O) groups excluding carboxylic acids is 1. The van der Waals surface area contributed by atoms with Crippen molar-refractivity contribution in [2.75, 3.05) is 6.54 Å². The molecule has 0 atom stereocenters. The van der Waals surface area contributed by atoms with E-state index >= 15 is 0 Å². The molecule has 1 amide bonds. The Kier molecular flexibility index (Phi) is 4.62. The minimum Gasteiger partial charge on any atom is -0.346 e. The highest BCUT2D eigenvalue weighted by atomic mass is 32.1. The molecule has 3 nitrogen and oxygen atoms in total. The van der Waals surface area contributed by atoms with Crippen LogP contribution in [0.25, 0.3) is 0 Å². The zero-order chi connectivity index (χ0) is 13.7. The third-order valence-corrected chi connectivity index (χ3v) is 4.48. The number of hydrogen-bond acceptors (Lipinski definition) is 3. The normalized spacial score (nSPS) is 17.4. The van der Waals surface area contributed by atoms with Crippen molar-refractivity contribution in [3.05, 3.63) is 21.9 Å². The molecule has 1 aromatic heterocycles. The molecule has 0 aliphatic heterocycles. The quantitative estimate of drug-likeness (QED) is 0.816. The molecule has 4 heteroatoms. The van der Waals surface area contributed by atoms with Crippen LogP contribution in [0.3, 0.4) is 0 Å². The van der Waals surface area contributed by atoms with Gasteiger partial charge in [0.2, 0.25) is 0 Å². The molecule has 1 aliphatic rings. The monoisotopic (exact) mass is 276 g/mol. The second-order valence-electron chi connectivity index (χ2n) is 5.24. The maximum atomic E-state index is 12.4. The molecule has 19 heavy (non-hydrogen) atoms. The van der Waals surface area contributed by atoms with Crippen LogP contribution in [0, 0.1) is 11.8 Å².